The summed E-state index contributed by atoms with van der Waals surface area (Å²) in [6.07, 6.45) is 1.71. The number of hydrogen-bond acceptors (Lipinski definition) is 3. The second kappa shape index (κ2) is 7.73. The van der Waals surface area contributed by atoms with E-state index in [2.05, 4.69) is 0 Å². The molecule has 0 spiro atoms. The van der Waals surface area contributed by atoms with Gasteiger partial charge in [0, 0.05) is 0 Å². The van der Waals surface area contributed by atoms with Crippen LogP contribution in [-0.2, 0) is 16.1 Å². The summed E-state index contributed by atoms with van der Waals surface area (Å²) in [7, 11) is 0. The molecule has 26 heavy (non-hydrogen) atoms. The maximum Gasteiger partial charge on any atom is 0.310 e. The molecule has 0 N–H and O–H groups in total. The van der Waals surface area contributed by atoms with E-state index in [-0.39, 0.29) is 34.3 Å². The molecule has 1 fully saturated rings. The Kier molecular flexibility index (Phi) is 5.59. The summed E-state index contributed by atoms with van der Waals surface area (Å²) in [5.74, 6) is 1.01. The normalized spacial score (nSPS) is 20.2. The van der Waals surface area contributed by atoms with Crippen LogP contribution in [0.2, 0.25) is 0 Å². The average molecular weight is 391 g/mol. The van der Waals surface area contributed by atoms with E-state index in [1.165, 1.54) is 0 Å². The minimum Gasteiger partial charge on any atom is -0.461 e. The molecule has 3 rings (SSSR count). The molecule has 1 aliphatic rings. The van der Waals surface area contributed by atoms with Crippen LogP contribution in [0.1, 0.15) is 19.4 Å². The Morgan fingerprint density at radius 1 is 1.08 bits per heavy atom. The summed E-state index contributed by atoms with van der Waals surface area (Å²) in [5.41, 5.74) is 0.678. The quantitative estimate of drug-likeness (QED) is 0.557. The van der Waals surface area contributed by atoms with Crippen molar-refractivity contribution in [3.8, 4) is 11.5 Å². The predicted octanol–water partition coefficient (Wildman–Crippen LogP) is 6.11. The van der Waals surface area contributed by atoms with E-state index in [4.69, 9.17) is 32.7 Å². The highest BCUT2D eigenvalue weighted by molar-refractivity contribution is 6.55. The summed E-state index contributed by atoms with van der Waals surface area (Å²) in [6.45, 7) is 4.21. The highest BCUT2D eigenvalue weighted by Gasteiger charge is 2.61. The Bertz CT molecular complexity index is 811. The van der Waals surface area contributed by atoms with Crippen molar-refractivity contribution in [1.82, 2.24) is 0 Å². The molecule has 1 aliphatic carbocycles. The van der Waals surface area contributed by atoms with Gasteiger partial charge in [-0.3, -0.25) is 4.79 Å². The first-order valence-electron chi connectivity index (χ1n) is 8.39. The fourth-order valence-corrected chi connectivity index (χ4v) is 3.41. The van der Waals surface area contributed by atoms with E-state index < -0.39 is 0 Å². The Hall–Kier alpha value is -1.97. The first kappa shape index (κ1) is 18.8. The molecule has 0 radical (unpaired) electrons. The highest BCUT2D eigenvalue weighted by atomic mass is 35.5. The number of allylic oxidation sites excluding steroid dienone is 1. The third-order valence-corrected chi connectivity index (χ3v) is 4.98. The van der Waals surface area contributed by atoms with Gasteiger partial charge in [0.05, 0.1) is 5.92 Å². The molecule has 0 saturated heterocycles. The third-order valence-electron chi connectivity index (χ3n) is 4.73. The van der Waals surface area contributed by atoms with Crippen LogP contribution in [0.3, 0.4) is 0 Å². The van der Waals surface area contributed by atoms with Gasteiger partial charge in [0.25, 0.3) is 0 Å². The van der Waals surface area contributed by atoms with Crippen LogP contribution >= 0.6 is 23.2 Å². The van der Waals surface area contributed by atoms with E-state index in [1.54, 1.807) is 6.08 Å². The van der Waals surface area contributed by atoms with Crippen molar-refractivity contribution in [2.45, 2.75) is 20.5 Å². The molecule has 2 aromatic rings. The van der Waals surface area contributed by atoms with Crippen LogP contribution in [0.4, 0.5) is 0 Å². The molecule has 5 heteroatoms. The van der Waals surface area contributed by atoms with Crippen molar-refractivity contribution in [3.63, 3.8) is 0 Å². The maximum atomic E-state index is 12.4. The summed E-state index contributed by atoms with van der Waals surface area (Å²) in [6, 6.07) is 17.0. The summed E-state index contributed by atoms with van der Waals surface area (Å²) in [4.78, 5) is 12.4. The molecule has 1 unspecified atom stereocenters. The lowest BCUT2D eigenvalue weighted by Gasteiger charge is -2.09. The van der Waals surface area contributed by atoms with Crippen molar-refractivity contribution >= 4 is 29.2 Å². The number of ether oxygens (including phenoxy) is 2. The zero-order chi connectivity index (χ0) is 18.7. The standard InChI is InChI=1S/C21H20Cl2O3/c1-21(2)17(12-18(22)23)19(21)20(24)25-13-14-7-6-10-16(11-14)26-15-8-4-3-5-9-15/h3-12,17,19H,13H2,1-2H3/t17?,19-/m0/s1. The summed E-state index contributed by atoms with van der Waals surface area (Å²) < 4.78 is 11.5. The van der Waals surface area contributed by atoms with E-state index in [1.807, 2.05) is 68.4 Å². The summed E-state index contributed by atoms with van der Waals surface area (Å²) in [5, 5.41) is 0. The number of carbonyl (C=O) groups is 1. The Morgan fingerprint density at radius 2 is 1.77 bits per heavy atom. The van der Waals surface area contributed by atoms with Crippen LogP contribution < -0.4 is 4.74 Å². The molecule has 0 aliphatic heterocycles. The van der Waals surface area contributed by atoms with Gasteiger partial charge in [-0.05, 0) is 47.2 Å². The van der Waals surface area contributed by atoms with Gasteiger partial charge >= 0.3 is 5.97 Å². The van der Waals surface area contributed by atoms with E-state index >= 15 is 0 Å². The number of hydrogen-bond donors (Lipinski definition) is 0. The van der Waals surface area contributed by atoms with Crippen LogP contribution in [0.15, 0.2) is 65.2 Å². The number of para-hydroxylation sites is 1. The fraction of sp³-hybridized carbons (Fsp3) is 0.286. The van der Waals surface area contributed by atoms with E-state index in [0.717, 1.165) is 11.3 Å². The second-order valence-corrected chi connectivity index (χ2v) is 7.96. The van der Waals surface area contributed by atoms with Crippen molar-refractivity contribution in [3.05, 3.63) is 70.7 Å². The van der Waals surface area contributed by atoms with Crippen molar-refractivity contribution in [2.75, 3.05) is 0 Å². The first-order chi connectivity index (χ1) is 12.4. The molecule has 2 atom stereocenters. The van der Waals surface area contributed by atoms with Crippen LogP contribution in [-0.4, -0.2) is 5.97 Å². The van der Waals surface area contributed by atoms with Gasteiger partial charge in [-0.25, -0.2) is 0 Å². The Labute approximate surface area is 163 Å². The lowest BCUT2D eigenvalue weighted by molar-refractivity contribution is -0.147. The van der Waals surface area contributed by atoms with Gasteiger partial charge in [-0.2, -0.15) is 0 Å². The minimum absolute atomic E-state index is 0.00717. The Morgan fingerprint density at radius 3 is 2.46 bits per heavy atom. The van der Waals surface area contributed by atoms with Crippen molar-refractivity contribution < 1.29 is 14.3 Å². The maximum absolute atomic E-state index is 12.4. The van der Waals surface area contributed by atoms with Gasteiger partial charge in [0.2, 0.25) is 0 Å². The Balaban J connectivity index is 1.59. The van der Waals surface area contributed by atoms with E-state index in [9.17, 15) is 4.79 Å². The van der Waals surface area contributed by atoms with Crippen LogP contribution in [0, 0.1) is 17.3 Å². The molecule has 1 saturated carbocycles. The molecule has 0 aromatic heterocycles. The number of rotatable bonds is 6. The number of benzene rings is 2. The summed E-state index contributed by atoms with van der Waals surface area (Å²) >= 11 is 11.5. The molecule has 2 aromatic carbocycles. The van der Waals surface area contributed by atoms with Crippen molar-refractivity contribution in [2.24, 2.45) is 17.3 Å². The zero-order valence-corrected chi connectivity index (χ0v) is 16.1. The largest absolute Gasteiger partial charge is 0.461 e. The topological polar surface area (TPSA) is 35.5 Å². The van der Waals surface area contributed by atoms with Gasteiger partial charge in [-0.15, -0.1) is 0 Å². The van der Waals surface area contributed by atoms with Crippen LogP contribution in [0.25, 0.3) is 0 Å². The third kappa shape index (κ3) is 4.40. The SMILES string of the molecule is CC1(C)C(C=C(Cl)Cl)[C@H]1C(=O)OCc1cccc(Oc2ccccc2)c1. The molecule has 3 nitrogen and oxygen atoms in total. The molecule has 0 heterocycles. The zero-order valence-electron chi connectivity index (χ0n) is 14.6. The number of carbonyl (C=O) groups excluding carboxylic acids is 1. The number of halogens is 2. The molecule has 0 bridgehead atoms. The van der Waals surface area contributed by atoms with Crippen molar-refractivity contribution in [1.29, 1.82) is 0 Å². The predicted molar refractivity (Wildman–Crippen MR) is 103 cm³/mol. The number of esters is 1. The molecular formula is C21H20Cl2O3. The minimum atomic E-state index is -0.236. The molecular weight excluding hydrogens is 371 g/mol. The highest BCUT2D eigenvalue weighted by Crippen LogP contribution is 2.60. The smallest absolute Gasteiger partial charge is 0.310 e. The van der Waals surface area contributed by atoms with Gasteiger partial charge in [0.15, 0.2) is 0 Å². The second-order valence-electron chi connectivity index (χ2n) is 6.95. The first-order valence-corrected chi connectivity index (χ1v) is 9.15. The fourth-order valence-electron chi connectivity index (χ4n) is 3.14. The van der Waals surface area contributed by atoms with Gasteiger partial charge in [-0.1, -0.05) is 67.4 Å². The molecule has 0 amide bonds. The molecule has 136 valence electrons. The van der Waals surface area contributed by atoms with Crippen LogP contribution in [0.5, 0.6) is 11.5 Å². The van der Waals surface area contributed by atoms with E-state index in [0.29, 0.717) is 5.75 Å². The van der Waals surface area contributed by atoms with Gasteiger partial charge in [0.1, 0.15) is 22.6 Å². The monoisotopic (exact) mass is 390 g/mol. The van der Waals surface area contributed by atoms with Gasteiger partial charge < -0.3 is 9.47 Å². The lowest BCUT2D eigenvalue weighted by atomic mass is 10.1. The average Bonchev–Trinajstić information content (AvgIpc) is 3.13. The lowest BCUT2D eigenvalue weighted by Crippen LogP contribution is -2.10.